The molecule has 0 spiro atoms. The highest BCUT2D eigenvalue weighted by Gasteiger charge is 2.35. The zero-order valence-corrected chi connectivity index (χ0v) is 17.6. The van der Waals surface area contributed by atoms with Crippen molar-refractivity contribution in [3.05, 3.63) is 70.9 Å². The Bertz CT molecular complexity index is 1120. The summed E-state index contributed by atoms with van der Waals surface area (Å²) in [5.41, 5.74) is 3.09. The highest BCUT2D eigenvalue weighted by atomic mass is 32.1. The van der Waals surface area contributed by atoms with Crippen LogP contribution in [0.1, 0.15) is 54.4 Å². The summed E-state index contributed by atoms with van der Waals surface area (Å²) in [6, 6.07) is 15.9. The van der Waals surface area contributed by atoms with Crippen molar-refractivity contribution >= 4 is 39.4 Å². The van der Waals surface area contributed by atoms with Gasteiger partial charge in [-0.1, -0.05) is 36.4 Å². The summed E-state index contributed by atoms with van der Waals surface area (Å²) in [6.07, 6.45) is 5.94. The quantitative estimate of drug-likeness (QED) is 0.608. The number of likely N-dealkylation sites (tertiary alicyclic amines) is 1. The Morgan fingerprint density at radius 1 is 1.13 bits per heavy atom. The molecule has 0 radical (unpaired) electrons. The van der Waals surface area contributed by atoms with Crippen LogP contribution in [0.5, 0.6) is 0 Å². The number of amides is 2. The molecule has 2 aliphatic rings. The first-order valence-electron chi connectivity index (χ1n) is 10.3. The summed E-state index contributed by atoms with van der Waals surface area (Å²) in [5.74, 6) is 0.0285. The minimum atomic E-state index is -0.271. The van der Waals surface area contributed by atoms with Crippen LogP contribution in [0, 0.1) is 0 Å². The minimum absolute atomic E-state index is 0.0232. The van der Waals surface area contributed by atoms with E-state index in [1.807, 2.05) is 53.4 Å². The Balaban J connectivity index is 1.42. The summed E-state index contributed by atoms with van der Waals surface area (Å²) in [6.45, 7) is 2.29. The first-order valence-corrected chi connectivity index (χ1v) is 11.1. The van der Waals surface area contributed by atoms with Crippen LogP contribution in [0.4, 0.5) is 0 Å². The summed E-state index contributed by atoms with van der Waals surface area (Å²) >= 11 is 1.68. The second-order valence-electron chi connectivity index (χ2n) is 7.86. The summed E-state index contributed by atoms with van der Waals surface area (Å²) in [5, 5.41) is 1.01. The average molecular weight is 418 g/mol. The Morgan fingerprint density at radius 2 is 1.93 bits per heavy atom. The van der Waals surface area contributed by atoms with Gasteiger partial charge in [0.05, 0.1) is 28.7 Å². The lowest BCUT2D eigenvalue weighted by Gasteiger charge is -2.34. The van der Waals surface area contributed by atoms with Gasteiger partial charge in [0.1, 0.15) is 5.01 Å². The van der Waals surface area contributed by atoms with E-state index in [2.05, 4.69) is 6.07 Å². The monoisotopic (exact) mass is 417 g/mol. The molecule has 152 valence electrons. The van der Waals surface area contributed by atoms with Gasteiger partial charge in [-0.25, -0.2) is 4.98 Å². The number of nitrogens with zero attached hydrogens (tertiary/aromatic N) is 3. The van der Waals surface area contributed by atoms with Crippen LogP contribution in [0.3, 0.4) is 0 Å². The number of para-hydroxylation sites is 1. The van der Waals surface area contributed by atoms with E-state index < -0.39 is 0 Å². The fourth-order valence-electron chi connectivity index (χ4n) is 4.55. The van der Waals surface area contributed by atoms with Gasteiger partial charge >= 0.3 is 0 Å². The van der Waals surface area contributed by atoms with Gasteiger partial charge in [0.2, 0.25) is 11.8 Å². The zero-order chi connectivity index (χ0) is 20.7. The van der Waals surface area contributed by atoms with E-state index in [-0.39, 0.29) is 30.3 Å². The van der Waals surface area contributed by atoms with Crippen LogP contribution >= 0.6 is 11.3 Å². The lowest BCUT2D eigenvalue weighted by Crippen LogP contribution is -2.37. The van der Waals surface area contributed by atoms with Crippen molar-refractivity contribution in [2.75, 3.05) is 6.54 Å². The number of aromatic nitrogens is 1. The van der Waals surface area contributed by atoms with E-state index in [0.717, 1.165) is 45.7 Å². The molecular formula is C24H23N3O2S. The maximum atomic E-state index is 13.4. The SMILES string of the molecule is CC(=O)N1C=Cc2ccccc2[C@H]1CC(=O)N1CCC[C@@H]1c1nc2ccccc2s1. The number of thiazole rings is 1. The maximum absolute atomic E-state index is 13.4. The lowest BCUT2D eigenvalue weighted by atomic mass is 9.93. The van der Waals surface area contributed by atoms with Crippen molar-refractivity contribution < 1.29 is 9.59 Å². The normalized spacial score (nSPS) is 20.6. The van der Waals surface area contributed by atoms with Crippen LogP contribution < -0.4 is 0 Å². The standard InChI is InChI=1S/C24H23N3O2S/c1-16(28)26-14-12-17-7-2-3-8-18(17)21(26)15-23(29)27-13-6-10-20(27)24-25-19-9-4-5-11-22(19)30-24/h2-5,7-9,11-12,14,20-21H,6,10,13,15H2,1H3/t20-,21-/m1/s1. The molecule has 0 unspecified atom stereocenters. The first-order chi connectivity index (χ1) is 14.6. The molecule has 3 aromatic rings. The molecule has 30 heavy (non-hydrogen) atoms. The van der Waals surface area contributed by atoms with Gasteiger partial charge in [0, 0.05) is 19.7 Å². The Kier molecular flexibility index (Phi) is 4.87. The molecule has 0 bridgehead atoms. The number of carbonyl (C=O) groups excluding carboxylic acids is 2. The largest absolute Gasteiger partial charge is 0.333 e. The number of hydrogen-bond donors (Lipinski definition) is 0. The third kappa shape index (κ3) is 3.31. The van der Waals surface area contributed by atoms with Crippen LogP contribution in [-0.4, -0.2) is 33.1 Å². The number of hydrogen-bond acceptors (Lipinski definition) is 4. The zero-order valence-electron chi connectivity index (χ0n) is 16.8. The van der Waals surface area contributed by atoms with E-state index in [4.69, 9.17) is 4.98 Å². The minimum Gasteiger partial charge on any atom is -0.333 e. The molecule has 1 fully saturated rings. The number of rotatable bonds is 3. The lowest BCUT2D eigenvalue weighted by molar-refractivity contribution is -0.135. The van der Waals surface area contributed by atoms with Gasteiger partial charge in [-0.3, -0.25) is 9.59 Å². The molecule has 5 rings (SSSR count). The second kappa shape index (κ2) is 7.69. The third-order valence-corrected chi connectivity index (χ3v) is 7.14. The molecule has 0 N–H and O–H groups in total. The fraction of sp³-hybridized carbons (Fsp3) is 0.292. The van der Waals surface area contributed by atoms with Crippen LogP contribution in [0.25, 0.3) is 16.3 Å². The van der Waals surface area contributed by atoms with Gasteiger partial charge < -0.3 is 9.80 Å². The molecule has 2 aliphatic heterocycles. The average Bonchev–Trinajstić information content (AvgIpc) is 3.40. The van der Waals surface area contributed by atoms with Gasteiger partial charge in [0.25, 0.3) is 0 Å². The van der Waals surface area contributed by atoms with Gasteiger partial charge in [0.15, 0.2) is 0 Å². The third-order valence-electron chi connectivity index (χ3n) is 6.01. The van der Waals surface area contributed by atoms with Gasteiger partial charge in [-0.05, 0) is 42.2 Å². The fourth-order valence-corrected chi connectivity index (χ4v) is 5.67. The summed E-state index contributed by atoms with van der Waals surface area (Å²) in [4.78, 5) is 34.1. The van der Waals surface area contributed by atoms with Crippen LogP contribution in [0.2, 0.25) is 0 Å². The van der Waals surface area contributed by atoms with E-state index in [1.54, 1.807) is 29.4 Å². The summed E-state index contributed by atoms with van der Waals surface area (Å²) in [7, 11) is 0. The molecule has 5 nitrogen and oxygen atoms in total. The predicted molar refractivity (Wildman–Crippen MR) is 119 cm³/mol. The van der Waals surface area contributed by atoms with Crippen molar-refractivity contribution in [2.45, 2.75) is 38.3 Å². The van der Waals surface area contributed by atoms with Gasteiger partial charge in [-0.15, -0.1) is 11.3 Å². The highest BCUT2D eigenvalue weighted by Crippen LogP contribution is 2.39. The van der Waals surface area contributed by atoms with Crippen molar-refractivity contribution in [3.8, 4) is 0 Å². The number of benzene rings is 2. The van der Waals surface area contributed by atoms with E-state index in [1.165, 1.54) is 0 Å². The second-order valence-corrected chi connectivity index (χ2v) is 8.92. The molecular weight excluding hydrogens is 394 g/mol. The number of fused-ring (bicyclic) bond motifs is 2. The molecule has 2 atom stereocenters. The predicted octanol–water partition coefficient (Wildman–Crippen LogP) is 4.92. The molecule has 2 amide bonds. The molecule has 0 aliphatic carbocycles. The molecule has 3 heterocycles. The Labute approximate surface area is 179 Å². The smallest absolute Gasteiger partial charge is 0.225 e. The number of carbonyl (C=O) groups is 2. The Hall–Kier alpha value is -2.99. The van der Waals surface area contributed by atoms with Crippen LogP contribution in [0.15, 0.2) is 54.7 Å². The van der Waals surface area contributed by atoms with Crippen molar-refractivity contribution in [3.63, 3.8) is 0 Å². The van der Waals surface area contributed by atoms with Crippen LogP contribution in [-0.2, 0) is 9.59 Å². The first kappa shape index (κ1) is 19.0. The van der Waals surface area contributed by atoms with E-state index in [9.17, 15) is 9.59 Å². The van der Waals surface area contributed by atoms with Crippen molar-refractivity contribution in [1.82, 2.24) is 14.8 Å². The van der Waals surface area contributed by atoms with Crippen molar-refractivity contribution in [1.29, 1.82) is 0 Å². The molecule has 1 saturated heterocycles. The summed E-state index contributed by atoms with van der Waals surface area (Å²) < 4.78 is 1.15. The van der Waals surface area contributed by atoms with Gasteiger partial charge in [-0.2, -0.15) is 0 Å². The highest BCUT2D eigenvalue weighted by molar-refractivity contribution is 7.18. The molecule has 0 saturated carbocycles. The molecule has 2 aromatic carbocycles. The van der Waals surface area contributed by atoms with Crippen molar-refractivity contribution in [2.24, 2.45) is 0 Å². The molecule has 6 heteroatoms. The Morgan fingerprint density at radius 3 is 2.77 bits per heavy atom. The van der Waals surface area contributed by atoms with E-state index in [0.29, 0.717) is 0 Å². The molecule has 1 aromatic heterocycles. The maximum Gasteiger partial charge on any atom is 0.225 e. The topological polar surface area (TPSA) is 53.5 Å². The van der Waals surface area contributed by atoms with E-state index >= 15 is 0 Å².